The van der Waals surface area contributed by atoms with Crippen molar-refractivity contribution in [3.63, 3.8) is 0 Å². The van der Waals surface area contributed by atoms with Gasteiger partial charge in [-0.3, -0.25) is 4.98 Å². The average Bonchev–Trinajstić information content (AvgIpc) is 2.63. The number of hydrogen-bond donors (Lipinski definition) is 0. The number of benzene rings is 1. The van der Waals surface area contributed by atoms with Gasteiger partial charge in [-0.1, -0.05) is 0 Å². The molecular formula is C18H18N4O. The Morgan fingerprint density at radius 1 is 0.957 bits per heavy atom. The number of pyridine rings is 1. The number of anilines is 1. The monoisotopic (exact) mass is 306 g/mol. The predicted molar refractivity (Wildman–Crippen MR) is 89.6 cm³/mol. The Labute approximate surface area is 135 Å². The standard InChI is InChI=1S/C18H18N4O/c1-7-20-18(21-8-1)22-10-5-16(6-11-22)23-17-3-2-15-13-19-9-4-14(15)12-17/h1-4,7-9,12-13,16H,5-6,10-11H2. The van der Waals surface area contributed by atoms with E-state index in [1.54, 1.807) is 12.4 Å². The van der Waals surface area contributed by atoms with Gasteiger partial charge in [0.25, 0.3) is 0 Å². The third kappa shape index (κ3) is 3.08. The number of nitrogens with zero attached hydrogens (tertiary/aromatic N) is 4. The number of rotatable bonds is 3. The molecule has 0 saturated carbocycles. The zero-order valence-electron chi connectivity index (χ0n) is 12.8. The van der Waals surface area contributed by atoms with E-state index in [1.165, 1.54) is 0 Å². The molecule has 0 spiro atoms. The Hall–Kier alpha value is -2.69. The van der Waals surface area contributed by atoms with E-state index in [2.05, 4.69) is 32.0 Å². The molecule has 1 saturated heterocycles. The van der Waals surface area contributed by atoms with Crippen LogP contribution in [0.4, 0.5) is 5.95 Å². The largest absolute Gasteiger partial charge is 0.490 e. The van der Waals surface area contributed by atoms with Gasteiger partial charge in [0.1, 0.15) is 11.9 Å². The first kappa shape index (κ1) is 13.9. The molecule has 0 atom stereocenters. The van der Waals surface area contributed by atoms with E-state index in [0.717, 1.165) is 48.4 Å². The van der Waals surface area contributed by atoms with Crippen LogP contribution in [0.1, 0.15) is 12.8 Å². The number of hydrogen-bond acceptors (Lipinski definition) is 5. The summed E-state index contributed by atoms with van der Waals surface area (Å²) in [4.78, 5) is 15.0. The molecule has 5 heteroatoms. The Balaban J connectivity index is 1.40. The first-order valence-electron chi connectivity index (χ1n) is 7.91. The Morgan fingerprint density at radius 2 is 1.78 bits per heavy atom. The van der Waals surface area contributed by atoms with Crippen LogP contribution in [0.5, 0.6) is 5.75 Å². The van der Waals surface area contributed by atoms with Crippen LogP contribution in [-0.2, 0) is 0 Å². The van der Waals surface area contributed by atoms with Crippen molar-refractivity contribution in [2.24, 2.45) is 0 Å². The van der Waals surface area contributed by atoms with Crippen molar-refractivity contribution >= 4 is 16.7 Å². The third-order valence-corrected chi connectivity index (χ3v) is 4.19. The highest BCUT2D eigenvalue weighted by molar-refractivity contribution is 5.82. The lowest BCUT2D eigenvalue weighted by atomic mass is 10.1. The summed E-state index contributed by atoms with van der Waals surface area (Å²) >= 11 is 0. The smallest absolute Gasteiger partial charge is 0.225 e. The van der Waals surface area contributed by atoms with Crippen LogP contribution in [-0.4, -0.2) is 34.1 Å². The first-order chi connectivity index (χ1) is 11.4. The molecule has 0 unspecified atom stereocenters. The van der Waals surface area contributed by atoms with Crippen LogP contribution in [0, 0.1) is 0 Å². The Bertz CT molecular complexity index is 785. The maximum Gasteiger partial charge on any atom is 0.225 e. The van der Waals surface area contributed by atoms with Crippen molar-refractivity contribution in [3.05, 3.63) is 55.1 Å². The number of piperidine rings is 1. The van der Waals surface area contributed by atoms with Gasteiger partial charge in [-0.2, -0.15) is 0 Å². The fourth-order valence-electron chi connectivity index (χ4n) is 2.96. The molecule has 1 fully saturated rings. The highest BCUT2D eigenvalue weighted by Gasteiger charge is 2.22. The number of aromatic nitrogens is 3. The van der Waals surface area contributed by atoms with Gasteiger partial charge in [-0.25, -0.2) is 9.97 Å². The van der Waals surface area contributed by atoms with Gasteiger partial charge in [0, 0.05) is 56.1 Å². The molecule has 0 radical (unpaired) electrons. The average molecular weight is 306 g/mol. The SMILES string of the molecule is c1cnc(N2CCC(Oc3ccc4cnccc4c3)CC2)nc1. The molecular weight excluding hydrogens is 288 g/mol. The molecule has 116 valence electrons. The van der Waals surface area contributed by atoms with E-state index < -0.39 is 0 Å². The molecule has 2 aromatic heterocycles. The summed E-state index contributed by atoms with van der Waals surface area (Å²) in [7, 11) is 0. The third-order valence-electron chi connectivity index (χ3n) is 4.19. The van der Waals surface area contributed by atoms with Crippen molar-refractivity contribution < 1.29 is 4.74 Å². The van der Waals surface area contributed by atoms with Crippen molar-refractivity contribution in [3.8, 4) is 5.75 Å². The lowest BCUT2D eigenvalue weighted by Crippen LogP contribution is -2.39. The van der Waals surface area contributed by atoms with Gasteiger partial charge in [0.05, 0.1) is 0 Å². The zero-order valence-corrected chi connectivity index (χ0v) is 12.8. The van der Waals surface area contributed by atoms with Crippen LogP contribution < -0.4 is 9.64 Å². The summed E-state index contributed by atoms with van der Waals surface area (Å²) in [5.74, 6) is 1.74. The van der Waals surface area contributed by atoms with Gasteiger partial charge in [0.2, 0.25) is 5.95 Å². The highest BCUT2D eigenvalue weighted by Crippen LogP contribution is 2.24. The molecule has 4 rings (SSSR count). The van der Waals surface area contributed by atoms with Crippen molar-refractivity contribution in [1.29, 1.82) is 0 Å². The van der Waals surface area contributed by atoms with Gasteiger partial charge in [0.15, 0.2) is 0 Å². The molecule has 0 N–H and O–H groups in total. The highest BCUT2D eigenvalue weighted by atomic mass is 16.5. The number of fused-ring (bicyclic) bond motifs is 1. The van der Waals surface area contributed by atoms with Crippen LogP contribution >= 0.6 is 0 Å². The number of ether oxygens (including phenoxy) is 1. The van der Waals surface area contributed by atoms with Crippen LogP contribution in [0.15, 0.2) is 55.1 Å². The molecule has 1 aliphatic rings. The molecule has 1 aromatic carbocycles. The summed E-state index contributed by atoms with van der Waals surface area (Å²) in [5.41, 5.74) is 0. The normalized spacial score (nSPS) is 15.7. The second-order valence-corrected chi connectivity index (χ2v) is 5.74. The lowest BCUT2D eigenvalue weighted by Gasteiger charge is -2.32. The van der Waals surface area contributed by atoms with Gasteiger partial charge < -0.3 is 9.64 Å². The summed E-state index contributed by atoms with van der Waals surface area (Å²) in [6.07, 6.45) is 9.46. The first-order valence-corrected chi connectivity index (χ1v) is 7.91. The van der Waals surface area contributed by atoms with E-state index in [-0.39, 0.29) is 6.10 Å². The molecule has 0 aliphatic carbocycles. The second-order valence-electron chi connectivity index (χ2n) is 5.74. The molecule has 3 heterocycles. The molecule has 23 heavy (non-hydrogen) atoms. The predicted octanol–water partition coefficient (Wildman–Crippen LogP) is 3.07. The van der Waals surface area contributed by atoms with Gasteiger partial charge in [-0.15, -0.1) is 0 Å². The van der Waals surface area contributed by atoms with Crippen molar-refractivity contribution in [2.45, 2.75) is 18.9 Å². The molecule has 1 aliphatic heterocycles. The van der Waals surface area contributed by atoms with E-state index in [0.29, 0.717) is 0 Å². The van der Waals surface area contributed by atoms with Gasteiger partial charge >= 0.3 is 0 Å². The maximum absolute atomic E-state index is 6.16. The topological polar surface area (TPSA) is 51.1 Å². The Kier molecular flexibility index (Phi) is 3.76. The molecule has 5 nitrogen and oxygen atoms in total. The lowest BCUT2D eigenvalue weighted by molar-refractivity contribution is 0.170. The minimum Gasteiger partial charge on any atom is -0.490 e. The molecule has 3 aromatic rings. The molecule has 0 amide bonds. The summed E-state index contributed by atoms with van der Waals surface area (Å²) < 4.78 is 6.16. The molecule has 0 bridgehead atoms. The quantitative estimate of drug-likeness (QED) is 0.744. The second kappa shape index (κ2) is 6.20. The van der Waals surface area contributed by atoms with E-state index in [9.17, 15) is 0 Å². The minimum absolute atomic E-state index is 0.245. The van der Waals surface area contributed by atoms with Crippen molar-refractivity contribution in [2.75, 3.05) is 18.0 Å². The van der Waals surface area contributed by atoms with E-state index in [4.69, 9.17) is 4.74 Å². The Morgan fingerprint density at radius 3 is 2.61 bits per heavy atom. The summed E-state index contributed by atoms with van der Waals surface area (Å²) in [5, 5.41) is 2.29. The minimum atomic E-state index is 0.245. The summed E-state index contributed by atoms with van der Waals surface area (Å²) in [6.45, 7) is 1.85. The van der Waals surface area contributed by atoms with Crippen LogP contribution in [0.3, 0.4) is 0 Å². The fraction of sp³-hybridized carbons (Fsp3) is 0.278. The van der Waals surface area contributed by atoms with Crippen molar-refractivity contribution in [1.82, 2.24) is 15.0 Å². The van der Waals surface area contributed by atoms with Gasteiger partial charge in [-0.05, 0) is 35.7 Å². The summed E-state index contributed by atoms with van der Waals surface area (Å²) in [6, 6.07) is 10.0. The van der Waals surface area contributed by atoms with E-state index in [1.807, 2.05) is 30.6 Å². The maximum atomic E-state index is 6.16. The zero-order chi connectivity index (χ0) is 15.5. The van der Waals surface area contributed by atoms with E-state index >= 15 is 0 Å². The van der Waals surface area contributed by atoms with Crippen LogP contribution in [0.25, 0.3) is 10.8 Å². The van der Waals surface area contributed by atoms with Crippen LogP contribution in [0.2, 0.25) is 0 Å². The fourth-order valence-corrected chi connectivity index (χ4v) is 2.96.